The standard InChI is InChI=1S/C15H22ClN7O/c1-22(2)7-5-17-14(24)10-4-3-6-23(8-10)13-11-12(19-9-18-11)20-15(16)21-13/h9-10H,3-8H2,1-2H3,(H,17,24)(H,18,19,20,21)/t10-/m0/s1. The maximum absolute atomic E-state index is 12.4. The fourth-order valence-corrected chi connectivity index (χ4v) is 3.11. The van der Waals surface area contributed by atoms with Crippen molar-refractivity contribution in [3.05, 3.63) is 11.6 Å². The number of halogens is 1. The number of rotatable bonds is 5. The van der Waals surface area contributed by atoms with Crippen LogP contribution in [-0.4, -0.2) is 71.0 Å². The van der Waals surface area contributed by atoms with E-state index in [0.29, 0.717) is 24.6 Å². The number of nitrogens with one attached hydrogen (secondary N) is 2. The molecule has 0 aliphatic carbocycles. The largest absolute Gasteiger partial charge is 0.355 e. The minimum Gasteiger partial charge on any atom is -0.355 e. The summed E-state index contributed by atoms with van der Waals surface area (Å²) in [5.74, 6) is 0.767. The Bertz CT molecular complexity index is 717. The predicted molar refractivity (Wildman–Crippen MR) is 93.2 cm³/mol. The lowest BCUT2D eigenvalue weighted by Crippen LogP contribution is -2.44. The molecule has 0 unspecified atom stereocenters. The number of hydrogen-bond acceptors (Lipinski definition) is 6. The maximum atomic E-state index is 12.4. The number of piperidine rings is 1. The van der Waals surface area contributed by atoms with Crippen LogP contribution >= 0.6 is 11.6 Å². The number of amides is 1. The molecule has 1 aliphatic rings. The lowest BCUT2D eigenvalue weighted by Gasteiger charge is -2.33. The van der Waals surface area contributed by atoms with Crippen molar-refractivity contribution >= 4 is 34.5 Å². The van der Waals surface area contributed by atoms with E-state index in [4.69, 9.17) is 11.6 Å². The van der Waals surface area contributed by atoms with Gasteiger partial charge in [0, 0.05) is 26.2 Å². The minimum atomic E-state index is -0.0485. The van der Waals surface area contributed by atoms with Crippen LogP contribution < -0.4 is 10.2 Å². The summed E-state index contributed by atoms with van der Waals surface area (Å²) in [6.07, 6.45) is 3.40. The Morgan fingerprint density at radius 3 is 3.12 bits per heavy atom. The van der Waals surface area contributed by atoms with Crippen LogP contribution in [0.2, 0.25) is 5.28 Å². The number of nitrogens with zero attached hydrogens (tertiary/aromatic N) is 5. The molecule has 1 fully saturated rings. The minimum absolute atomic E-state index is 0.0485. The van der Waals surface area contributed by atoms with Gasteiger partial charge in [-0.1, -0.05) is 0 Å². The van der Waals surface area contributed by atoms with Gasteiger partial charge in [-0.3, -0.25) is 4.79 Å². The van der Waals surface area contributed by atoms with Gasteiger partial charge >= 0.3 is 0 Å². The van der Waals surface area contributed by atoms with Crippen LogP contribution in [0.4, 0.5) is 5.82 Å². The van der Waals surface area contributed by atoms with Crippen LogP contribution in [0.25, 0.3) is 11.2 Å². The first-order valence-corrected chi connectivity index (χ1v) is 8.46. The number of likely N-dealkylation sites (N-methyl/N-ethyl adjacent to an activating group) is 1. The summed E-state index contributed by atoms with van der Waals surface area (Å²) in [6, 6.07) is 0. The summed E-state index contributed by atoms with van der Waals surface area (Å²) >= 11 is 6.01. The Morgan fingerprint density at radius 2 is 2.33 bits per heavy atom. The first-order chi connectivity index (χ1) is 11.5. The number of imidazole rings is 1. The van der Waals surface area contributed by atoms with Crippen LogP contribution in [0.1, 0.15) is 12.8 Å². The van der Waals surface area contributed by atoms with Gasteiger partial charge in [-0.2, -0.15) is 9.97 Å². The van der Waals surface area contributed by atoms with Crippen LogP contribution in [0.5, 0.6) is 0 Å². The fraction of sp³-hybridized carbons (Fsp3) is 0.600. The van der Waals surface area contributed by atoms with Crippen LogP contribution in [-0.2, 0) is 4.79 Å². The molecule has 2 aromatic heterocycles. The van der Waals surface area contributed by atoms with E-state index < -0.39 is 0 Å². The molecule has 1 saturated heterocycles. The SMILES string of the molecule is CN(C)CCNC(=O)[C@H]1CCCN(c2nc(Cl)nc3nc[nH]c23)C1. The van der Waals surface area contributed by atoms with Crippen LogP contribution in [0.3, 0.4) is 0 Å². The molecule has 0 bridgehead atoms. The highest BCUT2D eigenvalue weighted by Gasteiger charge is 2.28. The third-order valence-corrected chi connectivity index (χ3v) is 4.36. The molecule has 1 atom stereocenters. The third kappa shape index (κ3) is 3.76. The van der Waals surface area contributed by atoms with Crippen molar-refractivity contribution in [1.29, 1.82) is 0 Å². The summed E-state index contributed by atoms with van der Waals surface area (Å²) in [6.45, 7) is 2.95. The zero-order valence-corrected chi connectivity index (χ0v) is 14.7. The topological polar surface area (TPSA) is 90.0 Å². The zero-order valence-electron chi connectivity index (χ0n) is 13.9. The second kappa shape index (κ2) is 7.31. The Balaban J connectivity index is 1.71. The Hall–Kier alpha value is -1.93. The van der Waals surface area contributed by atoms with Gasteiger partial charge in [0.25, 0.3) is 0 Å². The Kier molecular flexibility index (Phi) is 5.15. The molecule has 0 saturated carbocycles. The molecule has 8 nitrogen and oxygen atoms in total. The number of H-pyrrole nitrogens is 1. The van der Waals surface area contributed by atoms with Gasteiger partial charge in [-0.25, -0.2) is 4.98 Å². The van der Waals surface area contributed by atoms with E-state index in [-0.39, 0.29) is 17.1 Å². The maximum Gasteiger partial charge on any atom is 0.226 e. The van der Waals surface area contributed by atoms with Gasteiger partial charge in [0.15, 0.2) is 11.5 Å². The Morgan fingerprint density at radius 1 is 1.50 bits per heavy atom. The summed E-state index contributed by atoms with van der Waals surface area (Å²) in [5.41, 5.74) is 1.30. The zero-order chi connectivity index (χ0) is 17.1. The molecule has 130 valence electrons. The van der Waals surface area contributed by atoms with Crippen molar-refractivity contribution < 1.29 is 4.79 Å². The first kappa shape index (κ1) is 16.9. The lowest BCUT2D eigenvalue weighted by molar-refractivity contribution is -0.125. The van der Waals surface area contributed by atoms with E-state index in [1.165, 1.54) is 0 Å². The number of carbonyl (C=O) groups excluding carboxylic acids is 1. The molecule has 2 N–H and O–H groups in total. The van der Waals surface area contributed by atoms with Crippen molar-refractivity contribution in [2.45, 2.75) is 12.8 Å². The summed E-state index contributed by atoms with van der Waals surface area (Å²) in [4.78, 5) is 32.2. The molecule has 1 amide bonds. The number of aromatic amines is 1. The van der Waals surface area contributed by atoms with Gasteiger partial charge in [0.1, 0.15) is 5.52 Å². The number of fused-ring (bicyclic) bond motifs is 1. The van der Waals surface area contributed by atoms with E-state index in [2.05, 4.69) is 30.2 Å². The van der Waals surface area contributed by atoms with Crippen molar-refractivity contribution in [3.8, 4) is 0 Å². The monoisotopic (exact) mass is 351 g/mol. The predicted octanol–water partition coefficient (Wildman–Crippen LogP) is 0.900. The highest BCUT2D eigenvalue weighted by atomic mass is 35.5. The Labute approximate surface area is 145 Å². The van der Waals surface area contributed by atoms with Gasteiger partial charge < -0.3 is 20.1 Å². The highest BCUT2D eigenvalue weighted by molar-refractivity contribution is 6.28. The van der Waals surface area contributed by atoms with Crippen LogP contribution in [0, 0.1) is 5.92 Å². The van der Waals surface area contributed by atoms with E-state index in [0.717, 1.165) is 31.4 Å². The molecule has 3 rings (SSSR count). The van der Waals surface area contributed by atoms with Crippen molar-refractivity contribution in [3.63, 3.8) is 0 Å². The van der Waals surface area contributed by atoms with E-state index in [9.17, 15) is 4.79 Å². The van der Waals surface area contributed by atoms with E-state index in [1.807, 2.05) is 19.0 Å². The first-order valence-electron chi connectivity index (χ1n) is 8.08. The van der Waals surface area contributed by atoms with Crippen molar-refractivity contribution in [2.75, 3.05) is 45.2 Å². The van der Waals surface area contributed by atoms with E-state index in [1.54, 1.807) is 6.33 Å². The second-order valence-electron chi connectivity index (χ2n) is 6.30. The second-order valence-corrected chi connectivity index (χ2v) is 6.63. The average Bonchev–Trinajstić information content (AvgIpc) is 3.02. The molecular formula is C15H22ClN7O. The smallest absolute Gasteiger partial charge is 0.226 e. The molecule has 24 heavy (non-hydrogen) atoms. The summed E-state index contributed by atoms with van der Waals surface area (Å²) in [5, 5.41) is 3.18. The molecule has 2 aromatic rings. The number of aromatic nitrogens is 4. The molecule has 9 heteroatoms. The van der Waals surface area contributed by atoms with Gasteiger partial charge in [0.2, 0.25) is 11.2 Å². The highest BCUT2D eigenvalue weighted by Crippen LogP contribution is 2.27. The molecule has 1 aliphatic heterocycles. The number of carbonyl (C=O) groups is 1. The number of anilines is 1. The average molecular weight is 352 g/mol. The normalized spacial score (nSPS) is 18.3. The molecule has 0 radical (unpaired) electrons. The fourth-order valence-electron chi connectivity index (χ4n) is 2.95. The van der Waals surface area contributed by atoms with Gasteiger partial charge in [-0.15, -0.1) is 0 Å². The number of hydrogen-bond donors (Lipinski definition) is 2. The molecular weight excluding hydrogens is 330 g/mol. The van der Waals surface area contributed by atoms with E-state index >= 15 is 0 Å². The third-order valence-electron chi connectivity index (χ3n) is 4.19. The molecule has 0 spiro atoms. The molecule has 0 aromatic carbocycles. The van der Waals surface area contributed by atoms with Gasteiger partial charge in [-0.05, 0) is 38.5 Å². The van der Waals surface area contributed by atoms with Crippen LogP contribution in [0.15, 0.2) is 6.33 Å². The van der Waals surface area contributed by atoms with Crippen molar-refractivity contribution in [2.24, 2.45) is 5.92 Å². The summed E-state index contributed by atoms with van der Waals surface area (Å²) in [7, 11) is 3.98. The lowest BCUT2D eigenvalue weighted by atomic mass is 9.97. The molecule has 3 heterocycles. The van der Waals surface area contributed by atoms with Crippen molar-refractivity contribution in [1.82, 2.24) is 30.2 Å². The summed E-state index contributed by atoms with van der Waals surface area (Å²) < 4.78 is 0. The quantitative estimate of drug-likeness (QED) is 0.778. The van der Waals surface area contributed by atoms with Gasteiger partial charge in [0.05, 0.1) is 12.2 Å².